The van der Waals surface area contributed by atoms with E-state index in [1.165, 1.54) is 0 Å². The van der Waals surface area contributed by atoms with Crippen molar-refractivity contribution in [3.05, 3.63) is 17.5 Å². The molecule has 1 amide bonds. The fourth-order valence-electron chi connectivity index (χ4n) is 1.65. The van der Waals surface area contributed by atoms with Gasteiger partial charge in [0.05, 0.1) is 0 Å². The maximum Gasteiger partial charge on any atom is 0.374 e. The molecule has 19 heavy (non-hydrogen) atoms. The number of aromatic nitrogens is 1. The average molecular weight is 269 g/mol. The van der Waals surface area contributed by atoms with Crippen LogP contribution in [-0.4, -0.2) is 53.2 Å². The van der Waals surface area contributed by atoms with Crippen LogP contribution in [0, 0.1) is 0 Å². The number of carbonyl (C=O) groups excluding carboxylic acids is 1. The van der Waals surface area contributed by atoms with E-state index in [-0.39, 0.29) is 11.5 Å². The molecule has 1 rings (SSSR count). The molecule has 0 radical (unpaired) electrons. The van der Waals surface area contributed by atoms with Crippen LogP contribution in [0.3, 0.4) is 0 Å². The second-order valence-corrected chi connectivity index (χ2v) is 4.07. The number of nitrogens with zero attached hydrogens (tertiary/aromatic N) is 2. The van der Waals surface area contributed by atoms with Crippen LogP contribution in [-0.2, 0) is 0 Å². The molecule has 7 heteroatoms. The number of hydrogen-bond acceptors (Lipinski definition) is 5. The minimum atomic E-state index is -1.24. The first-order chi connectivity index (χ1) is 9.08. The van der Waals surface area contributed by atoms with E-state index in [1.807, 2.05) is 0 Å². The van der Waals surface area contributed by atoms with E-state index < -0.39 is 11.9 Å². The lowest BCUT2D eigenvalue weighted by Crippen LogP contribution is -2.35. The summed E-state index contributed by atoms with van der Waals surface area (Å²) in [7, 11) is 0. The number of amides is 1. The summed E-state index contributed by atoms with van der Waals surface area (Å²) >= 11 is 0. The third-order valence-electron chi connectivity index (χ3n) is 2.65. The van der Waals surface area contributed by atoms with Gasteiger partial charge in [-0.3, -0.25) is 4.79 Å². The van der Waals surface area contributed by atoms with Gasteiger partial charge in [-0.1, -0.05) is 19.0 Å². The number of rotatable bonds is 8. The predicted octanol–water partition coefficient (Wildman–Crippen LogP) is 0.834. The quantitative estimate of drug-likeness (QED) is 0.726. The number of carboxylic acids is 1. The molecule has 0 aliphatic rings. The van der Waals surface area contributed by atoms with E-state index >= 15 is 0 Å². The van der Waals surface area contributed by atoms with Crippen LogP contribution in [0.4, 0.5) is 0 Å². The summed E-state index contributed by atoms with van der Waals surface area (Å²) in [5.74, 6) is -2.01. The smallest absolute Gasteiger partial charge is 0.374 e. The van der Waals surface area contributed by atoms with Crippen molar-refractivity contribution >= 4 is 11.9 Å². The minimum Gasteiger partial charge on any atom is -0.475 e. The number of nitrogens with one attached hydrogen (secondary N) is 1. The molecule has 0 saturated carbocycles. The zero-order valence-electron chi connectivity index (χ0n) is 11.2. The van der Waals surface area contributed by atoms with Gasteiger partial charge in [-0.05, 0) is 19.5 Å². The van der Waals surface area contributed by atoms with Crippen molar-refractivity contribution in [2.24, 2.45) is 0 Å². The predicted molar refractivity (Wildman–Crippen MR) is 68.2 cm³/mol. The SMILES string of the molecule is CCCN(CC)CCNC(=O)c1cc(C(=O)O)on1. The molecule has 1 heterocycles. The Balaban J connectivity index is 2.40. The molecule has 1 aromatic rings. The second kappa shape index (κ2) is 7.52. The van der Waals surface area contributed by atoms with E-state index in [1.54, 1.807) is 0 Å². The minimum absolute atomic E-state index is 0.0176. The van der Waals surface area contributed by atoms with Crippen LogP contribution in [0.5, 0.6) is 0 Å². The molecule has 0 saturated heterocycles. The van der Waals surface area contributed by atoms with Crippen LogP contribution >= 0.6 is 0 Å². The van der Waals surface area contributed by atoms with Gasteiger partial charge in [0.15, 0.2) is 5.69 Å². The van der Waals surface area contributed by atoms with Crippen LogP contribution in [0.1, 0.15) is 41.3 Å². The van der Waals surface area contributed by atoms with Crippen molar-refractivity contribution in [2.75, 3.05) is 26.2 Å². The van der Waals surface area contributed by atoms with Crippen LogP contribution < -0.4 is 5.32 Å². The molecule has 106 valence electrons. The highest BCUT2D eigenvalue weighted by Crippen LogP contribution is 2.03. The summed E-state index contributed by atoms with van der Waals surface area (Å²) in [5.41, 5.74) is -0.0176. The van der Waals surface area contributed by atoms with Crippen molar-refractivity contribution < 1.29 is 19.2 Å². The molecule has 2 N–H and O–H groups in total. The van der Waals surface area contributed by atoms with Crippen molar-refractivity contribution in [3.8, 4) is 0 Å². The van der Waals surface area contributed by atoms with Crippen LogP contribution in [0.2, 0.25) is 0 Å². The summed E-state index contributed by atoms with van der Waals surface area (Å²) in [5, 5.41) is 14.7. The largest absolute Gasteiger partial charge is 0.475 e. The third-order valence-corrected chi connectivity index (χ3v) is 2.65. The average Bonchev–Trinajstić information content (AvgIpc) is 2.87. The Morgan fingerprint density at radius 2 is 2.16 bits per heavy atom. The van der Waals surface area contributed by atoms with Gasteiger partial charge in [0.25, 0.3) is 5.91 Å². The van der Waals surface area contributed by atoms with E-state index in [2.05, 4.69) is 33.7 Å². The molecule has 7 nitrogen and oxygen atoms in total. The molecular weight excluding hydrogens is 250 g/mol. The lowest BCUT2D eigenvalue weighted by Gasteiger charge is -2.19. The Kier molecular flexibility index (Phi) is 6.01. The van der Waals surface area contributed by atoms with Gasteiger partial charge < -0.3 is 19.8 Å². The zero-order valence-corrected chi connectivity index (χ0v) is 11.2. The van der Waals surface area contributed by atoms with Gasteiger partial charge in [-0.2, -0.15) is 0 Å². The van der Waals surface area contributed by atoms with Gasteiger partial charge in [0.2, 0.25) is 5.76 Å². The summed E-state index contributed by atoms with van der Waals surface area (Å²) < 4.78 is 4.51. The lowest BCUT2D eigenvalue weighted by molar-refractivity contribution is 0.0651. The molecule has 0 atom stereocenters. The summed E-state index contributed by atoms with van der Waals surface area (Å²) in [6.07, 6.45) is 1.06. The fraction of sp³-hybridized carbons (Fsp3) is 0.583. The number of carboxylic acid groups (broad SMARTS) is 1. The molecule has 0 aromatic carbocycles. The van der Waals surface area contributed by atoms with E-state index in [4.69, 9.17) is 5.11 Å². The van der Waals surface area contributed by atoms with Gasteiger partial charge in [0, 0.05) is 19.2 Å². The number of hydrogen-bond donors (Lipinski definition) is 2. The van der Waals surface area contributed by atoms with Gasteiger partial charge in [0.1, 0.15) is 0 Å². The number of carbonyl (C=O) groups is 2. The van der Waals surface area contributed by atoms with E-state index in [0.29, 0.717) is 6.54 Å². The van der Waals surface area contributed by atoms with Gasteiger partial charge >= 0.3 is 5.97 Å². The molecule has 0 spiro atoms. The highest BCUT2D eigenvalue weighted by Gasteiger charge is 2.16. The van der Waals surface area contributed by atoms with E-state index in [0.717, 1.165) is 32.1 Å². The molecule has 0 fully saturated rings. The molecule has 0 aliphatic heterocycles. The fourth-order valence-corrected chi connectivity index (χ4v) is 1.65. The Morgan fingerprint density at radius 3 is 2.68 bits per heavy atom. The first-order valence-electron chi connectivity index (χ1n) is 6.29. The lowest BCUT2D eigenvalue weighted by atomic mass is 10.3. The zero-order chi connectivity index (χ0) is 14.3. The first-order valence-corrected chi connectivity index (χ1v) is 6.29. The molecule has 1 aromatic heterocycles. The maximum atomic E-state index is 11.7. The maximum absolute atomic E-state index is 11.7. The normalized spacial score (nSPS) is 10.7. The molecule has 0 aliphatic carbocycles. The Bertz CT molecular complexity index is 430. The van der Waals surface area contributed by atoms with Crippen molar-refractivity contribution in [1.29, 1.82) is 0 Å². The summed E-state index contributed by atoms with van der Waals surface area (Å²) in [6.45, 7) is 7.32. The molecule has 0 unspecified atom stereocenters. The van der Waals surface area contributed by atoms with Crippen LogP contribution in [0.25, 0.3) is 0 Å². The Morgan fingerprint density at radius 1 is 1.42 bits per heavy atom. The number of aromatic carboxylic acids is 1. The van der Waals surface area contributed by atoms with E-state index in [9.17, 15) is 9.59 Å². The summed E-state index contributed by atoms with van der Waals surface area (Å²) in [6, 6.07) is 1.11. The highest BCUT2D eigenvalue weighted by atomic mass is 16.5. The standard InChI is InChI=1S/C12H19N3O4/c1-3-6-15(4-2)7-5-13-11(16)9-8-10(12(17)18)19-14-9/h8H,3-7H2,1-2H3,(H,13,16)(H,17,18). The molecule has 0 bridgehead atoms. The Hall–Kier alpha value is -1.89. The first kappa shape index (κ1) is 15.2. The van der Waals surface area contributed by atoms with Crippen molar-refractivity contribution in [3.63, 3.8) is 0 Å². The van der Waals surface area contributed by atoms with Gasteiger partial charge in [-0.15, -0.1) is 0 Å². The summed E-state index contributed by atoms with van der Waals surface area (Å²) in [4.78, 5) is 24.5. The van der Waals surface area contributed by atoms with Crippen molar-refractivity contribution in [2.45, 2.75) is 20.3 Å². The topological polar surface area (TPSA) is 95.7 Å². The monoisotopic (exact) mass is 269 g/mol. The van der Waals surface area contributed by atoms with Crippen LogP contribution in [0.15, 0.2) is 10.6 Å². The van der Waals surface area contributed by atoms with Crippen molar-refractivity contribution in [1.82, 2.24) is 15.4 Å². The Labute approximate surface area is 111 Å². The molecular formula is C12H19N3O4. The second-order valence-electron chi connectivity index (χ2n) is 4.07. The highest BCUT2D eigenvalue weighted by molar-refractivity contribution is 5.94. The number of likely N-dealkylation sites (N-methyl/N-ethyl adjacent to an activating group) is 1. The van der Waals surface area contributed by atoms with Gasteiger partial charge in [-0.25, -0.2) is 4.79 Å². The third kappa shape index (κ3) is 4.70.